The second-order valence-corrected chi connectivity index (χ2v) is 5.14. The van der Waals surface area contributed by atoms with E-state index < -0.39 is 11.9 Å². The van der Waals surface area contributed by atoms with Gasteiger partial charge in [-0.3, -0.25) is 9.59 Å². The van der Waals surface area contributed by atoms with Crippen molar-refractivity contribution in [1.82, 2.24) is 10.6 Å². The highest BCUT2D eigenvalue weighted by Crippen LogP contribution is 2.18. The van der Waals surface area contributed by atoms with E-state index in [2.05, 4.69) is 10.6 Å². The molecule has 0 radical (unpaired) electrons. The molecule has 2 aromatic heterocycles. The monoisotopic (exact) mass is 312 g/mol. The predicted octanol–water partition coefficient (Wildman–Crippen LogP) is 2.46. The Balaban J connectivity index is 1.58. The number of benzene rings is 1. The molecule has 1 atom stereocenters. The Morgan fingerprint density at radius 2 is 2.00 bits per heavy atom. The van der Waals surface area contributed by atoms with Crippen LogP contribution in [0.5, 0.6) is 0 Å². The zero-order valence-corrected chi connectivity index (χ0v) is 12.5. The molecular weight excluding hydrogens is 296 g/mol. The predicted molar refractivity (Wildman–Crippen MR) is 83.7 cm³/mol. The van der Waals surface area contributed by atoms with Gasteiger partial charge < -0.3 is 19.5 Å². The maximum Gasteiger partial charge on any atom is 0.287 e. The fourth-order valence-corrected chi connectivity index (χ4v) is 2.17. The Morgan fingerprint density at radius 3 is 2.74 bits per heavy atom. The standard InChI is InChI=1S/C17H16N2O4/c1-11(16(20)18-10-13-6-4-8-22-13)19-17(21)15-9-12-5-2-3-7-14(12)23-15/h2-9,11H,10H2,1H3,(H,18,20)(H,19,21)/t11-/m1/s1. The zero-order valence-electron chi connectivity index (χ0n) is 12.5. The highest BCUT2D eigenvalue weighted by Gasteiger charge is 2.19. The molecule has 0 spiro atoms. The van der Waals surface area contributed by atoms with Crippen molar-refractivity contribution in [2.45, 2.75) is 19.5 Å². The van der Waals surface area contributed by atoms with Gasteiger partial charge in [0.1, 0.15) is 17.4 Å². The molecule has 118 valence electrons. The lowest BCUT2D eigenvalue weighted by molar-refractivity contribution is -0.122. The molecule has 2 amide bonds. The number of nitrogens with one attached hydrogen (secondary N) is 2. The smallest absolute Gasteiger partial charge is 0.287 e. The first-order valence-electron chi connectivity index (χ1n) is 7.23. The van der Waals surface area contributed by atoms with Crippen LogP contribution in [0.25, 0.3) is 11.0 Å². The molecule has 6 nitrogen and oxygen atoms in total. The van der Waals surface area contributed by atoms with Gasteiger partial charge in [-0.1, -0.05) is 18.2 Å². The number of hydrogen-bond donors (Lipinski definition) is 2. The van der Waals surface area contributed by atoms with Crippen LogP contribution in [0.2, 0.25) is 0 Å². The van der Waals surface area contributed by atoms with Crippen LogP contribution in [-0.2, 0) is 11.3 Å². The summed E-state index contributed by atoms with van der Waals surface area (Å²) in [6.07, 6.45) is 1.54. The number of rotatable bonds is 5. The Bertz CT molecular complexity index is 787. The van der Waals surface area contributed by atoms with Crippen molar-refractivity contribution >= 4 is 22.8 Å². The van der Waals surface area contributed by atoms with Gasteiger partial charge in [0.15, 0.2) is 5.76 Å². The van der Waals surface area contributed by atoms with Crippen LogP contribution in [0.1, 0.15) is 23.2 Å². The molecule has 0 saturated heterocycles. The molecule has 6 heteroatoms. The second-order valence-electron chi connectivity index (χ2n) is 5.14. The zero-order chi connectivity index (χ0) is 16.2. The Hall–Kier alpha value is -3.02. The third kappa shape index (κ3) is 3.42. The average molecular weight is 312 g/mol. The molecular formula is C17H16N2O4. The molecule has 0 unspecified atom stereocenters. The minimum Gasteiger partial charge on any atom is -0.467 e. The first kappa shape index (κ1) is 14.9. The highest BCUT2D eigenvalue weighted by molar-refractivity contribution is 5.98. The van der Waals surface area contributed by atoms with E-state index in [-0.39, 0.29) is 18.2 Å². The maximum absolute atomic E-state index is 12.2. The van der Waals surface area contributed by atoms with E-state index >= 15 is 0 Å². The summed E-state index contributed by atoms with van der Waals surface area (Å²) in [6.45, 7) is 1.88. The number of hydrogen-bond acceptors (Lipinski definition) is 4. The lowest BCUT2D eigenvalue weighted by atomic mass is 10.2. The van der Waals surface area contributed by atoms with Gasteiger partial charge in [-0.05, 0) is 31.2 Å². The SMILES string of the molecule is C[C@@H](NC(=O)c1cc2ccccc2o1)C(=O)NCc1ccco1. The van der Waals surface area contributed by atoms with Crippen molar-refractivity contribution in [3.8, 4) is 0 Å². The van der Waals surface area contributed by atoms with Crippen molar-refractivity contribution in [1.29, 1.82) is 0 Å². The van der Waals surface area contributed by atoms with E-state index in [1.807, 2.05) is 18.2 Å². The van der Waals surface area contributed by atoms with Crippen LogP contribution < -0.4 is 10.6 Å². The summed E-state index contributed by atoms with van der Waals surface area (Å²) in [7, 11) is 0. The molecule has 2 N–H and O–H groups in total. The van der Waals surface area contributed by atoms with E-state index in [4.69, 9.17) is 8.83 Å². The lowest BCUT2D eigenvalue weighted by Crippen LogP contribution is -2.44. The number of carbonyl (C=O) groups is 2. The Kier molecular flexibility index (Phi) is 4.14. The van der Waals surface area contributed by atoms with E-state index in [0.29, 0.717) is 11.3 Å². The third-order valence-electron chi connectivity index (χ3n) is 3.41. The van der Waals surface area contributed by atoms with Crippen LogP contribution in [0, 0.1) is 0 Å². The maximum atomic E-state index is 12.2. The van der Waals surface area contributed by atoms with E-state index in [9.17, 15) is 9.59 Å². The van der Waals surface area contributed by atoms with Gasteiger partial charge >= 0.3 is 0 Å². The molecule has 0 bridgehead atoms. The van der Waals surface area contributed by atoms with Gasteiger partial charge in [0.25, 0.3) is 5.91 Å². The number of furan rings is 2. The summed E-state index contributed by atoms with van der Waals surface area (Å²) < 4.78 is 10.6. The third-order valence-corrected chi connectivity index (χ3v) is 3.41. The first-order chi connectivity index (χ1) is 11.1. The van der Waals surface area contributed by atoms with E-state index in [0.717, 1.165) is 5.39 Å². The Morgan fingerprint density at radius 1 is 1.17 bits per heavy atom. The molecule has 0 fully saturated rings. The molecule has 3 rings (SSSR count). The molecule has 0 aliphatic carbocycles. The second kappa shape index (κ2) is 6.39. The van der Waals surface area contributed by atoms with Crippen molar-refractivity contribution < 1.29 is 18.4 Å². The van der Waals surface area contributed by atoms with E-state index in [1.54, 1.807) is 31.2 Å². The fraction of sp³-hybridized carbons (Fsp3) is 0.176. The van der Waals surface area contributed by atoms with Crippen LogP contribution >= 0.6 is 0 Å². The number of amides is 2. The average Bonchev–Trinajstić information content (AvgIpc) is 3.21. The quantitative estimate of drug-likeness (QED) is 0.758. The summed E-state index contributed by atoms with van der Waals surface area (Å²) in [6, 6.07) is 11.8. The summed E-state index contributed by atoms with van der Waals surface area (Å²) >= 11 is 0. The van der Waals surface area contributed by atoms with Gasteiger partial charge in [-0.15, -0.1) is 0 Å². The van der Waals surface area contributed by atoms with Gasteiger partial charge in [-0.25, -0.2) is 0 Å². The molecule has 0 aliphatic heterocycles. The summed E-state index contributed by atoms with van der Waals surface area (Å²) in [5.41, 5.74) is 0.632. The molecule has 0 saturated carbocycles. The van der Waals surface area contributed by atoms with Crippen LogP contribution in [-0.4, -0.2) is 17.9 Å². The summed E-state index contributed by atoms with van der Waals surface area (Å²) in [5.74, 6) is 0.0961. The number of para-hydroxylation sites is 1. The summed E-state index contributed by atoms with van der Waals surface area (Å²) in [4.78, 5) is 24.1. The van der Waals surface area contributed by atoms with Crippen molar-refractivity contribution in [3.05, 3.63) is 60.2 Å². The normalized spacial score (nSPS) is 12.0. The van der Waals surface area contributed by atoms with Crippen molar-refractivity contribution in [2.75, 3.05) is 0 Å². The number of carbonyl (C=O) groups excluding carboxylic acids is 2. The minimum absolute atomic E-state index is 0.178. The van der Waals surface area contributed by atoms with Crippen LogP contribution in [0.3, 0.4) is 0 Å². The Labute approximate surface area is 132 Å². The van der Waals surface area contributed by atoms with Crippen LogP contribution in [0.4, 0.5) is 0 Å². The fourth-order valence-electron chi connectivity index (χ4n) is 2.17. The molecule has 0 aliphatic rings. The lowest BCUT2D eigenvalue weighted by Gasteiger charge is -2.12. The first-order valence-corrected chi connectivity index (χ1v) is 7.23. The molecule has 2 heterocycles. The molecule has 3 aromatic rings. The van der Waals surface area contributed by atoms with E-state index in [1.165, 1.54) is 6.26 Å². The molecule has 23 heavy (non-hydrogen) atoms. The van der Waals surface area contributed by atoms with Gasteiger partial charge in [0.05, 0.1) is 12.8 Å². The van der Waals surface area contributed by atoms with Gasteiger partial charge in [0.2, 0.25) is 5.91 Å². The molecule has 1 aromatic carbocycles. The van der Waals surface area contributed by atoms with Crippen molar-refractivity contribution in [3.63, 3.8) is 0 Å². The van der Waals surface area contributed by atoms with Gasteiger partial charge in [-0.2, -0.15) is 0 Å². The minimum atomic E-state index is -0.689. The van der Waals surface area contributed by atoms with Crippen LogP contribution in [0.15, 0.2) is 57.6 Å². The largest absolute Gasteiger partial charge is 0.467 e. The van der Waals surface area contributed by atoms with Crippen molar-refractivity contribution in [2.24, 2.45) is 0 Å². The summed E-state index contributed by atoms with van der Waals surface area (Å²) in [5, 5.41) is 6.14. The van der Waals surface area contributed by atoms with Gasteiger partial charge in [0, 0.05) is 5.39 Å². The highest BCUT2D eigenvalue weighted by atomic mass is 16.3. The number of fused-ring (bicyclic) bond motifs is 1. The topological polar surface area (TPSA) is 84.5 Å².